The van der Waals surface area contributed by atoms with E-state index in [1.54, 1.807) is 13.2 Å². The lowest BCUT2D eigenvalue weighted by molar-refractivity contribution is 0.0895. The zero-order valence-corrected chi connectivity index (χ0v) is 10.6. The molecule has 0 radical (unpaired) electrons. The lowest BCUT2D eigenvalue weighted by Gasteiger charge is -2.17. The molecule has 17 heavy (non-hydrogen) atoms. The molecule has 0 heterocycles. The van der Waals surface area contributed by atoms with Crippen molar-refractivity contribution in [3.8, 4) is 0 Å². The minimum absolute atomic E-state index is 0.0199. The highest BCUT2D eigenvalue weighted by Gasteiger charge is 2.15. The number of methoxy groups -OCH3 is 1. The molecule has 3 N–H and O–H groups in total. The predicted molar refractivity (Wildman–Crippen MR) is 69.0 cm³/mol. The number of nitrogen functional groups attached to an aromatic ring is 1. The van der Waals surface area contributed by atoms with Gasteiger partial charge < -0.3 is 15.8 Å². The Morgan fingerprint density at radius 3 is 2.76 bits per heavy atom. The van der Waals surface area contributed by atoms with Crippen molar-refractivity contribution in [3.05, 3.63) is 29.3 Å². The van der Waals surface area contributed by atoms with Gasteiger partial charge in [0, 0.05) is 12.8 Å². The van der Waals surface area contributed by atoms with Crippen molar-refractivity contribution >= 4 is 11.6 Å². The molecule has 4 nitrogen and oxygen atoms in total. The van der Waals surface area contributed by atoms with Crippen LogP contribution in [-0.2, 0) is 4.74 Å². The first-order valence-electron chi connectivity index (χ1n) is 5.75. The lowest BCUT2D eigenvalue weighted by atomic mass is 10.1. The Kier molecular flexibility index (Phi) is 4.97. The first kappa shape index (κ1) is 13.5. The number of amides is 1. The highest BCUT2D eigenvalue weighted by atomic mass is 16.5. The second kappa shape index (κ2) is 6.25. The standard InChI is InChI=1S/C13H20N2O2/c1-4-10(8-17-3)15-13(16)12-9(2)6-5-7-11(12)14/h5-7,10H,4,8,14H2,1-3H3,(H,15,16). The summed E-state index contributed by atoms with van der Waals surface area (Å²) in [6.07, 6.45) is 0.825. The summed E-state index contributed by atoms with van der Waals surface area (Å²) in [5, 5.41) is 2.92. The Labute approximate surface area is 102 Å². The molecule has 0 spiro atoms. The first-order chi connectivity index (χ1) is 8.10. The van der Waals surface area contributed by atoms with Crippen LogP contribution < -0.4 is 11.1 Å². The summed E-state index contributed by atoms with van der Waals surface area (Å²) >= 11 is 0. The average molecular weight is 236 g/mol. The van der Waals surface area contributed by atoms with E-state index in [4.69, 9.17) is 10.5 Å². The molecule has 1 rings (SSSR count). The molecule has 4 heteroatoms. The van der Waals surface area contributed by atoms with Gasteiger partial charge in [0.25, 0.3) is 5.91 Å². The van der Waals surface area contributed by atoms with Gasteiger partial charge in [-0.3, -0.25) is 4.79 Å². The van der Waals surface area contributed by atoms with E-state index in [0.717, 1.165) is 12.0 Å². The highest BCUT2D eigenvalue weighted by Crippen LogP contribution is 2.16. The molecule has 0 aliphatic rings. The van der Waals surface area contributed by atoms with Crippen LogP contribution >= 0.6 is 0 Å². The topological polar surface area (TPSA) is 64.3 Å². The molecule has 94 valence electrons. The molecule has 1 atom stereocenters. The number of carbonyl (C=O) groups is 1. The zero-order valence-electron chi connectivity index (χ0n) is 10.6. The Balaban J connectivity index is 2.82. The van der Waals surface area contributed by atoms with Crippen LogP contribution in [0, 0.1) is 6.92 Å². The number of nitrogens with two attached hydrogens (primary N) is 1. The molecule has 0 aliphatic heterocycles. The monoisotopic (exact) mass is 236 g/mol. The second-order valence-corrected chi connectivity index (χ2v) is 4.07. The van der Waals surface area contributed by atoms with Gasteiger partial charge >= 0.3 is 0 Å². The summed E-state index contributed by atoms with van der Waals surface area (Å²) < 4.78 is 5.05. The minimum Gasteiger partial charge on any atom is -0.398 e. The van der Waals surface area contributed by atoms with Gasteiger partial charge in [-0.05, 0) is 25.0 Å². The maximum Gasteiger partial charge on any atom is 0.253 e. The maximum absolute atomic E-state index is 12.1. The van der Waals surface area contributed by atoms with Gasteiger partial charge in [0.1, 0.15) is 0 Å². The van der Waals surface area contributed by atoms with E-state index in [9.17, 15) is 4.79 Å². The van der Waals surface area contributed by atoms with Crippen molar-refractivity contribution in [3.63, 3.8) is 0 Å². The third kappa shape index (κ3) is 3.46. The van der Waals surface area contributed by atoms with E-state index < -0.39 is 0 Å². The van der Waals surface area contributed by atoms with Crippen molar-refractivity contribution in [2.75, 3.05) is 19.5 Å². The summed E-state index contributed by atoms with van der Waals surface area (Å²) in [6, 6.07) is 5.47. The number of aryl methyl sites for hydroxylation is 1. The summed E-state index contributed by atoms with van der Waals surface area (Å²) in [5.74, 6) is -0.135. The quantitative estimate of drug-likeness (QED) is 0.765. The van der Waals surface area contributed by atoms with Crippen LogP contribution in [0.2, 0.25) is 0 Å². The van der Waals surface area contributed by atoms with Crippen molar-refractivity contribution in [1.82, 2.24) is 5.32 Å². The summed E-state index contributed by atoms with van der Waals surface area (Å²) in [7, 11) is 1.62. The van der Waals surface area contributed by atoms with Crippen molar-refractivity contribution in [2.24, 2.45) is 0 Å². The van der Waals surface area contributed by atoms with Crippen LogP contribution in [0.4, 0.5) is 5.69 Å². The van der Waals surface area contributed by atoms with Gasteiger partial charge in [0.05, 0.1) is 18.2 Å². The fourth-order valence-electron chi connectivity index (χ4n) is 1.72. The Hall–Kier alpha value is -1.55. The van der Waals surface area contributed by atoms with Crippen molar-refractivity contribution < 1.29 is 9.53 Å². The Bertz CT molecular complexity index is 371. The minimum atomic E-state index is -0.135. The molecule has 0 fully saturated rings. The van der Waals surface area contributed by atoms with Gasteiger partial charge in [-0.2, -0.15) is 0 Å². The summed E-state index contributed by atoms with van der Waals surface area (Å²) in [5.41, 5.74) is 7.77. The zero-order chi connectivity index (χ0) is 12.8. The van der Waals surface area contributed by atoms with E-state index in [2.05, 4.69) is 5.32 Å². The fraction of sp³-hybridized carbons (Fsp3) is 0.462. The Morgan fingerprint density at radius 2 is 2.24 bits per heavy atom. The van der Waals surface area contributed by atoms with Crippen LogP contribution in [0.25, 0.3) is 0 Å². The number of carbonyl (C=O) groups excluding carboxylic acids is 1. The van der Waals surface area contributed by atoms with E-state index in [1.165, 1.54) is 0 Å². The molecule has 0 aliphatic carbocycles. The summed E-state index contributed by atoms with van der Waals surface area (Å²) in [6.45, 7) is 4.39. The molecule has 0 saturated carbocycles. The third-order valence-corrected chi connectivity index (χ3v) is 2.73. The molecule has 1 aromatic rings. The van der Waals surface area contributed by atoms with E-state index in [-0.39, 0.29) is 11.9 Å². The number of benzene rings is 1. The smallest absolute Gasteiger partial charge is 0.253 e. The molecular weight excluding hydrogens is 216 g/mol. The molecule has 1 amide bonds. The normalized spacial score (nSPS) is 12.2. The largest absolute Gasteiger partial charge is 0.398 e. The first-order valence-corrected chi connectivity index (χ1v) is 5.75. The number of nitrogens with one attached hydrogen (secondary N) is 1. The SMILES string of the molecule is CCC(COC)NC(=O)c1c(C)cccc1N. The van der Waals surface area contributed by atoms with Crippen LogP contribution in [-0.4, -0.2) is 25.7 Å². The van der Waals surface area contributed by atoms with Gasteiger partial charge in [0.15, 0.2) is 0 Å². The number of anilines is 1. The van der Waals surface area contributed by atoms with Crippen LogP contribution in [0.1, 0.15) is 29.3 Å². The number of hydrogen-bond donors (Lipinski definition) is 2. The number of hydrogen-bond acceptors (Lipinski definition) is 3. The van der Waals surface area contributed by atoms with Crippen molar-refractivity contribution in [2.45, 2.75) is 26.3 Å². The number of rotatable bonds is 5. The van der Waals surface area contributed by atoms with Gasteiger partial charge in [-0.25, -0.2) is 0 Å². The molecule has 0 aromatic heterocycles. The van der Waals surface area contributed by atoms with Crippen LogP contribution in [0.5, 0.6) is 0 Å². The average Bonchev–Trinajstić information content (AvgIpc) is 2.28. The molecule has 1 aromatic carbocycles. The van der Waals surface area contributed by atoms with E-state index in [1.807, 2.05) is 26.0 Å². The van der Waals surface area contributed by atoms with Gasteiger partial charge in [-0.1, -0.05) is 19.1 Å². The summed E-state index contributed by atoms with van der Waals surface area (Å²) in [4.78, 5) is 12.1. The fourth-order valence-corrected chi connectivity index (χ4v) is 1.72. The molecular formula is C13H20N2O2. The predicted octanol–water partition coefficient (Wildman–Crippen LogP) is 1.73. The van der Waals surface area contributed by atoms with Gasteiger partial charge in [0.2, 0.25) is 0 Å². The lowest BCUT2D eigenvalue weighted by Crippen LogP contribution is -2.38. The number of ether oxygens (including phenoxy) is 1. The highest BCUT2D eigenvalue weighted by molar-refractivity contribution is 6.00. The van der Waals surface area contributed by atoms with E-state index in [0.29, 0.717) is 17.9 Å². The van der Waals surface area contributed by atoms with Gasteiger partial charge in [-0.15, -0.1) is 0 Å². The third-order valence-electron chi connectivity index (χ3n) is 2.73. The second-order valence-electron chi connectivity index (χ2n) is 4.07. The van der Waals surface area contributed by atoms with Crippen molar-refractivity contribution in [1.29, 1.82) is 0 Å². The maximum atomic E-state index is 12.1. The Morgan fingerprint density at radius 1 is 1.53 bits per heavy atom. The molecule has 0 bridgehead atoms. The van der Waals surface area contributed by atoms with E-state index >= 15 is 0 Å². The van der Waals surface area contributed by atoms with Crippen LogP contribution in [0.3, 0.4) is 0 Å². The van der Waals surface area contributed by atoms with Crippen LogP contribution in [0.15, 0.2) is 18.2 Å². The molecule has 1 unspecified atom stereocenters. The molecule has 0 saturated heterocycles.